The average Bonchev–Trinajstić information content (AvgIpc) is 3.46. The van der Waals surface area contributed by atoms with E-state index in [0.717, 1.165) is 57.7 Å². The van der Waals surface area contributed by atoms with Crippen molar-refractivity contribution in [2.24, 2.45) is 18.7 Å². The van der Waals surface area contributed by atoms with Gasteiger partial charge in [0.05, 0.1) is 16.7 Å². The molecule has 2 aliphatic rings. The van der Waals surface area contributed by atoms with E-state index in [1.165, 1.54) is 12.8 Å². The minimum atomic E-state index is -0.100. The first-order chi connectivity index (χ1) is 15.9. The molecule has 1 aliphatic carbocycles. The Labute approximate surface area is 191 Å². The van der Waals surface area contributed by atoms with Crippen LogP contribution in [-0.2, 0) is 20.0 Å². The molecule has 1 atom stereocenters. The molecular weight excluding hydrogens is 416 g/mol. The third-order valence-corrected chi connectivity index (χ3v) is 6.93. The van der Waals surface area contributed by atoms with E-state index < -0.39 is 0 Å². The molecule has 0 unspecified atom stereocenters. The van der Waals surface area contributed by atoms with Crippen LogP contribution in [0.1, 0.15) is 35.7 Å². The molecule has 0 radical (unpaired) electrons. The molecule has 6 rings (SSSR count). The van der Waals surface area contributed by atoms with E-state index in [-0.39, 0.29) is 17.5 Å². The number of H-pyrrole nitrogens is 1. The van der Waals surface area contributed by atoms with Crippen molar-refractivity contribution < 1.29 is 4.79 Å². The summed E-state index contributed by atoms with van der Waals surface area (Å²) in [6.45, 7) is 4.03. The SMILES string of the molecule is C[C@@H](N)CN1CCc2cc3c(cc2C1=O)nc(-c1cc2ccc(=O)[nH]c2n1CC1CC1)n3C. The van der Waals surface area contributed by atoms with Crippen molar-refractivity contribution in [1.29, 1.82) is 0 Å². The summed E-state index contributed by atoms with van der Waals surface area (Å²) in [6.07, 6.45) is 3.24. The molecule has 0 bridgehead atoms. The molecule has 4 heterocycles. The summed E-state index contributed by atoms with van der Waals surface area (Å²) in [5, 5.41) is 0.998. The van der Waals surface area contributed by atoms with Crippen LogP contribution in [0.2, 0.25) is 0 Å². The number of nitrogens with zero attached hydrogens (tertiary/aromatic N) is 4. The summed E-state index contributed by atoms with van der Waals surface area (Å²) in [5.74, 6) is 1.51. The molecule has 1 saturated carbocycles. The number of benzene rings is 1. The summed E-state index contributed by atoms with van der Waals surface area (Å²) in [5.41, 5.74) is 11.3. The largest absolute Gasteiger partial charge is 0.337 e. The van der Waals surface area contributed by atoms with Crippen LogP contribution < -0.4 is 11.3 Å². The number of aromatic amines is 1. The number of amides is 1. The molecule has 1 aliphatic heterocycles. The average molecular weight is 445 g/mol. The molecule has 4 aromatic rings. The lowest BCUT2D eigenvalue weighted by molar-refractivity contribution is 0.0732. The van der Waals surface area contributed by atoms with Crippen molar-refractivity contribution in [3.8, 4) is 11.5 Å². The Hall–Kier alpha value is -3.39. The van der Waals surface area contributed by atoms with Crippen molar-refractivity contribution in [3.05, 3.63) is 51.8 Å². The zero-order chi connectivity index (χ0) is 22.9. The van der Waals surface area contributed by atoms with E-state index in [4.69, 9.17) is 10.7 Å². The van der Waals surface area contributed by atoms with E-state index in [0.29, 0.717) is 19.0 Å². The van der Waals surface area contributed by atoms with Crippen LogP contribution in [0.5, 0.6) is 0 Å². The van der Waals surface area contributed by atoms with Crippen LogP contribution in [0.15, 0.2) is 35.1 Å². The standard InChI is InChI=1S/C25H28N6O2/c1-14(26)12-30-8-7-16-9-20-19(11-18(16)25(30)33)27-24(29(20)2)21-10-17-5-6-22(32)28-23(17)31(21)13-15-3-4-15/h5-6,9-11,14-15H,3-4,7-8,12-13,26H2,1-2H3,(H,28,32)/t14-/m1/s1. The molecule has 0 saturated heterocycles. The molecule has 8 nitrogen and oxygen atoms in total. The van der Waals surface area contributed by atoms with Gasteiger partial charge in [-0.05, 0) is 61.9 Å². The number of nitrogens with one attached hydrogen (secondary N) is 1. The molecule has 1 aromatic carbocycles. The number of imidazole rings is 1. The second kappa shape index (κ2) is 7.31. The summed E-state index contributed by atoms with van der Waals surface area (Å²) < 4.78 is 4.30. The first kappa shape index (κ1) is 20.2. The zero-order valence-corrected chi connectivity index (χ0v) is 19.0. The maximum Gasteiger partial charge on any atom is 0.254 e. The summed E-state index contributed by atoms with van der Waals surface area (Å²) in [6, 6.07) is 9.52. The molecule has 3 aromatic heterocycles. The van der Waals surface area contributed by atoms with Gasteiger partial charge in [0.25, 0.3) is 5.91 Å². The number of fused-ring (bicyclic) bond motifs is 3. The van der Waals surface area contributed by atoms with E-state index >= 15 is 0 Å². The van der Waals surface area contributed by atoms with Gasteiger partial charge in [-0.1, -0.05) is 0 Å². The number of pyridine rings is 1. The highest BCUT2D eigenvalue weighted by Gasteiger charge is 2.28. The maximum atomic E-state index is 13.1. The Morgan fingerprint density at radius 2 is 2.03 bits per heavy atom. The molecule has 33 heavy (non-hydrogen) atoms. The third-order valence-electron chi connectivity index (χ3n) is 6.93. The van der Waals surface area contributed by atoms with Crippen molar-refractivity contribution in [2.45, 2.75) is 38.8 Å². The highest BCUT2D eigenvalue weighted by molar-refractivity contribution is 6.00. The number of hydrogen-bond acceptors (Lipinski definition) is 4. The Balaban J connectivity index is 1.49. The summed E-state index contributed by atoms with van der Waals surface area (Å²) in [7, 11) is 2.02. The minimum absolute atomic E-state index is 0.0306. The first-order valence-corrected chi connectivity index (χ1v) is 11.7. The van der Waals surface area contributed by atoms with Crippen molar-refractivity contribution in [1.82, 2.24) is 24.0 Å². The van der Waals surface area contributed by atoms with Gasteiger partial charge in [0.2, 0.25) is 5.56 Å². The molecule has 170 valence electrons. The number of aromatic nitrogens is 4. The number of carbonyl (C=O) groups excluding carboxylic acids is 1. The second-order valence-electron chi connectivity index (χ2n) is 9.68. The van der Waals surface area contributed by atoms with Crippen molar-refractivity contribution >= 4 is 28.0 Å². The minimum Gasteiger partial charge on any atom is -0.337 e. The molecule has 1 amide bonds. The molecule has 1 fully saturated rings. The lowest BCUT2D eigenvalue weighted by atomic mass is 9.97. The fourth-order valence-electron chi connectivity index (χ4n) is 5.06. The number of carbonyl (C=O) groups is 1. The second-order valence-corrected chi connectivity index (χ2v) is 9.68. The molecular formula is C25H28N6O2. The number of nitrogens with two attached hydrogens (primary N) is 1. The fourth-order valence-corrected chi connectivity index (χ4v) is 5.06. The van der Waals surface area contributed by atoms with Gasteiger partial charge in [-0.2, -0.15) is 0 Å². The monoisotopic (exact) mass is 444 g/mol. The lowest BCUT2D eigenvalue weighted by Crippen LogP contribution is -2.43. The van der Waals surface area contributed by atoms with Gasteiger partial charge in [0.1, 0.15) is 5.65 Å². The van der Waals surface area contributed by atoms with Crippen LogP contribution >= 0.6 is 0 Å². The zero-order valence-electron chi connectivity index (χ0n) is 19.0. The van der Waals surface area contributed by atoms with Gasteiger partial charge in [0.15, 0.2) is 5.82 Å². The highest BCUT2D eigenvalue weighted by atomic mass is 16.2. The van der Waals surface area contributed by atoms with E-state index in [1.807, 2.05) is 31.0 Å². The van der Waals surface area contributed by atoms with Crippen LogP contribution in [0.3, 0.4) is 0 Å². The fraction of sp³-hybridized carbons (Fsp3) is 0.400. The van der Waals surface area contributed by atoms with Gasteiger partial charge >= 0.3 is 0 Å². The summed E-state index contributed by atoms with van der Waals surface area (Å²) >= 11 is 0. The topological polar surface area (TPSA) is 102 Å². The van der Waals surface area contributed by atoms with Gasteiger partial charge in [0, 0.05) is 49.7 Å². The van der Waals surface area contributed by atoms with Crippen LogP contribution in [0.25, 0.3) is 33.6 Å². The van der Waals surface area contributed by atoms with Crippen molar-refractivity contribution in [2.75, 3.05) is 13.1 Å². The van der Waals surface area contributed by atoms with E-state index in [9.17, 15) is 9.59 Å². The maximum absolute atomic E-state index is 13.1. The van der Waals surface area contributed by atoms with Crippen LogP contribution in [0, 0.1) is 5.92 Å². The van der Waals surface area contributed by atoms with Crippen LogP contribution in [0.4, 0.5) is 0 Å². The lowest BCUT2D eigenvalue weighted by Gasteiger charge is -2.29. The number of rotatable bonds is 5. The Morgan fingerprint density at radius 1 is 1.21 bits per heavy atom. The summed E-state index contributed by atoms with van der Waals surface area (Å²) in [4.78, 5) is 34.9. The van der Waals surface area contributed by atoms with E-state index in [2.05, 4.69) is 26.3 Å². The Morgan fingerprint density at radius 3 is 2.79 bits per heavy atom. The highest BCUT2D eigenvalue weighted by Crippen LogP contribution is 2.36. The predicted molar refractivity (Wildman–Crippen MR) is 128 cm³/mol. The quantitative estimate of drug-likeness (QED) is 0.494. The first-order valence-electron chi connectivity index (χ1n) is 11.7. The van der Waals surface area contributed by atoms with Gasteiger partial charge in [-0.25, -0.2) is 4.98 Å². The van der Waals surface area contributed by atoms with Gasteiger partial charge in [-0.3, -0.25) is 9.59 Å². The van der Waals surface area contributed by atoms with Gasteiger partial charge in [-0.15, -0.1) is 0 Å². The number of hydrogen-bond donors (Lipinski definition) is 2. The van der Waals surface area contributed by atoms with Gasteiger partial charge < -0.3 is 24.8 Å². The molecule has 8 heteroatoms. The van der Waals surface area contributed by atoms with E-state index in [1.54, 1.807) is 6.07 Å². The third kappa shape index (κ3) is 3.36. The predicted octanol–water partition coefficient (Wildman–Crippen LogP) is 2.64. The normalized spacial score (nSPS) is 17.2. The Kier molecular flexibility index (Phi) is 4.48. The smallest absolute Gasteiger partial charge is 0.254 e. The van der Waals surface area contributed by atoms with Crippen molar-refractivity contribution in [3.63, 3.8) is 0 Å². The van der Waals surface area contributed by atoms with Crippen LogP contribution in [-0.4, -0.2) is 49.0 Å². The molecule has 0 spiro atoms. The Bertz CT molecular complexity index is 1470. The molecule has 3 N–H and O–H groups in total. The number of aryl methyl sites for hydroxylation is 1.